The fourth-order valence-electron chi connectivity index (χ4n) is 2.44. The van der Waals surface area contributed by atoms with Gasteiger partial charge in [-0.15, -0.1) is 0 Å². The molecule has 0 atom stereocenters. The van der Waals surface area contributed by atoms with Gasteiger partial charge >= 0.3 is 0 Å². The van der Waals surface area contributed by atoms with Gasteiger partial charge in [0.05, 0.1) is 0 Å². The summed E-state index contributed by atoms with van der Waals surface area (Å²) in [4.78, 5) is 4.90. The molecule has 0 heterocycles. The predicted molar refractivity (Wildman–Crippen MR) is 85.9 cm³/mol. The molecular weight excluding hydrogens is 234 g/mol. The van der Waals surface area contributed by atoms with Gasteiger partial charge in [-0.05, 0) is 57.6 Å². The van der Waals surface area contributed by atoms with E-state index in [1.807, 2.05) is 6.07 Å². The topological polar surface area (TPSA) is 32.5 Å². The molecule has 0 saturated carbocycles. The molecule has 0 aliphatic heterocycles. The van der Waals surface area contributed by atoms with Crippen molar-refractivity contribution in [2.75, 3.05) is 43.4 Å². The molecule has 0 fully saturated rings. The van der Waals surface area contributed by atoms with Crippen molar-refractivity contribution in [3.05, 3.63) is 23.8 Å². The zero-order valence-electron chi connectivity index (χ0n) is 12.9. The van der Waals surface area contributed by atoms with Crippen molar-refractivity contribution in [3.8, 4) is 0 Å². The molecule has 1 aromatic carbocycles. The molecular formula is C16H29N3. The van der Waals surface area contributed by atoms with Crippen molar-refractivity contribution in [3.63, 3.8) is 0 Å². The second-order valence-corrected chi connectivity index (χ2v) is 5.01. The van der Waals surface area contributed by atoms with Crippen molar-refractivity contribution in [2.24, 2.45) is 0 Å². The van der Waals surface area contributed by atoms with Crippen molar-refractivity contribution < 1.29 is 0 Å². The Kier molecular flexibility index (Phi) is 6.71. The molecule has 3 heteroatoms. The summed E-state index contributed by atoms with van der Waals surface area (Å²) in [6.45, 7) is 14.4. The molecule has 0 aliphatic rings. The van der Waals surface area contributed by atoms with E-state index in [0.717, 1.165) is 31.9 Å². The summed E-state index contributed by atoms with van der Waals surface area (Å²) in [5.74, 6) is 0. The van der Waals surface area contributed by atoms with Crippen LogP contribution in [0.3, 0.4) is 0 Å². The Hall–Kier alpha value is -1.22. The molecule has 0 aromatic heterocycles. The Labute approximate surface area is 118 Å². The van der Waals surface area contributed by atoms with Gasteiger partial charge in [-0.25, -0.2) is 0 Å². The number of nitrogen functional groups attached to an aromatic ring is 1. The molecule has 0 amide bonds. The number of nitrogens with zero attached hydrogens (tertiary/aromatic N) is 2. The average Bonchev–Trinajstić information content (AvgIpc) is 2.42. The quantitative estimate of drug-likeness (QED) is 0.731. The first-order valence-corrected chi connectivity index (χ1v) is 7.45. The fourth-order valence-corrected chi connectivity index (χ4v) is 2.44. The molecule has 2 N–H and O–H groups in total. The molecule has 3 nitrogen and oxygen atoms in total. The third-order valence-corrected chi connectivity index (χ3v) is 3.75. The minimum absolute atomic E-state index is 0.850. The van der Waals surface area contributed by atoms with E-state index in [4.69, 9.17) is 5.73 Å². The molecule has 19 heavy (non-hydrogen) atoms. The lowest BCUT2D eigenvalue weighted by Crippen LogP contribution is -2.30. The number of aryl methyl sites for hydroxylation is 1. The smallest absolute Gasteiger partial charge is 0.0416 e. The van der Waals surface area contributed by atoms with Crippen LogP contribution in [0.4, 0.5) is 11.4 Å². The lowest BCUT2D eigenvalue weighted by Gasteiger charge is -2.27. The highest BCUT2D eigenvalue weighted by atomic mass is 15.1. The second-order valence-electron chi connectivity index (χ2n) is 5.01. The van der Waals surface area contributed by atoms with Crippen molar-refractivity contribution >= 4 is 11.4 Å². The largest absolute Gasteiger partial charge is 0.399 e. The van der Waals surface area contributed by atoms with Gasteiger partial charge in [0, 0.05) is 24.5 Å². The molecule has 0 saturated heterocycles. The summed E-state index contributed by atoms with van der Waals surface area (Å²) in [5, 5.41) is 0. The highest BCUT2D eigenvalue weighted by Gasteiger charge is 2.08. The minimum Gasteiger partial charge on any atom is -0.399 e. The van der Waals surface area contributed by atoms with Gasteiger partial charge in [0.2, 0.25) is 0 Å². The Balaban J connectivity index is 2.60. The molecule has 1 rings (SSSR count). The van der Waals surface area contributed by atoms with Gasteiger partial charge < -0.3 is 15.5 Å². The maximum atomic E-state index is 5.91. The maximum Gasteiger partial charge on any atom is 0.0416 e. The highest BCUT2D eigenvalue weighted by Crippen LogP contribution is 2.22. The number of rotatable bonds is 8. The van der Waals surface area contributed by atoms with E-state index in [1.54, 1.807) is 0 Å². The molecule has 108 valence electrons. The van der Waals surface area contributed by atoms with Crippen molar-refractivity contribution in [1.29, 1.82) is 0 Å². The lowest BCUT2D eigenvalue weighted by molar-refractivity contribution is 0.301. The van der Waals surface area contributed by atoms with Crippen molar-refractivity contribution in [1.82, 2.24) is 4.90 Å². The molecule has 0 unspecified atom stereocenters. The first-order valence-electron chi connectivity index (χ1n) is 7.45. The minimum atomic E-state index is 0.850. The molecule has 0 aliphatic carbocycles. The van der Waals surface area contributed by atoms with Gasteiger partial charge in [0.25, 0.3) is 0 Å². The van der Waals surface area contributed by atoms with Crippen LogP contribution in [0.5, 0.6) is 0 Å². The van der Waals surface area contributed by atoms with E-state index < -0.39 is 0 Å². The predicted octanol–water partition coefficient (Wildman–Crippen LogP) is 3.14. The van der Waals surface area contributed by atoms with Crippen LogP contribution in [0.25, 0.3) is 0 Å². The summed E-state index contributed by atoms with van der Waals surface area (Å²) in [6.07, 6.45) is 1.20. The molecule has 0 spiro atoms. The van der Waals surface area contributed by atoms with Gasteiger partial charge in [0.15, 0.2) is 0 Å². The van der Waals surface area contributed by atoms with Crippen LogP contribution in [0.1, 0.15) is 32.8 Å². The van der Waals surface area contributed by atoms with E-state index in [0.29, 0.717) is 0 Å². The van der Waals surface area contributed by atoms with E-state index in [9.17, 15) is 0 Å². The Bertz CT molecular complexity index is 372. The Morgan fingerprint density at radius 2 is 1.68 bits per heavy atom. The third kappa shape index (κ3) is 4.75. The SMILES string of the molecule is CCN(CC)CCCN(CC)c1cc(N)ccc1C. The monoisotopic (exact) mass is 263 g/mol. The van der Waals surface area contributed by atoms with Crippen LogP contribution >= 0.6 is 0 Å². The van der Waals surface area contributed by atoms with Crippen LogP contribution in [-0.2, 0) is 0 Å². The number of benzene rings is 1. The van der Waals surface area contributed by atoms with Crippen LogP contribution in [0, 0.1) is 6.92 Å². The second kappa shape index (κ2) is 8.05. The number of anilines is 2. The van der Waals surface area contributed by atoms with Crippen LogP contribution in [-0.4, -0.2) is 37.6 Å². The summed E-state index contributed by atoms with van der Waals surface area (Å²) in [6, 6.07) is 6.18. The van der Waals surface area contributed by atoms with Crippen molar-refractivity contribution in [2.45, 2.75) is 34.1 Å². The van der Waals surface area contributed by atoms with E-state index in [-0.39, 0.29) is 0 Å². The molecule has 1 aromatic rings. The van der Waals surface area contributed by atoms with Crippen LogP contribution in [0.15, 0.2) is 18.2 Å². The Morgan fingerprint density at radius 1 is 1.00 bits per heavy atom. The number of hydrogen-bond donors (Lipinski definition) is 1. The first kappa shape index (κ1) is 15.8. The van der Waals surface area contributed by atoms with Gasteiger partial charge in [-0.3, -0.25) is 0 Å². The first-order chi connectivity index (χ1) is 9.12. The lowest BCUT2D eigenvalue weighted by atomic mass is 10.1. The van der Waals surface area contributed by atoms with Gasteiger partial charge in [-0.2, -0.15) is 0 Å². The standard InChI is InChI=1S/C16H29N3/c1-5-18(6-2)11-8-12-19(7-3)16-13-15(17)10-9-14(16)4/h9-10,13H,5-8,11-12,17H2,1-4H3. The van der Waals surface area contributed by atoms with E-state index >= 15 is 0 Å². The van der Waals surface area contributed by atoms with E-state index in [2.05, 4.69) is 49.6 Å². The summed E-state index contributed by atoms with van der Waals surface area (Å²) in [5.41, 5.74) is 9.34. The summed E-state index contributed by atoms with van der Waals surface area (Å²) in [7, 11) is 0. The molecule has 0 radical (unpaired) electrons. The third-order valence-electron chi connectivity index (χ3n) is 3.75. The number of hydrogen-bond acceptors (Lipinski definition) is 3. The summed E-state index contributed by atoms with van der Waals surface area (Å²) < 4.78 is 0. The zero-order valence-corrected chi connectivity index (χ0v) is 12.9. The highest BCUT2D eigenvalue weighted by molar-refractivity contribution is 5.60. The number of nitrogens with two attached hydrogens (primary N) is 1. The zero-order chi connectivity index (χ0) is 14.3. The normalized spacial score (nSPS) is 11.0. The van der Waals surface area contributed by atoms with Crippen LogP contribution in [0.2, 0.25) is 0 Å². The van der Waals surface area contributed by atoms with E-state index in [1.165, 1.54) is 24.2 Å². The summed E-state index contributed by atoms with van der Waals surface area (Å²) >= 11 is 0. The van der Waals surface area contributed by atoms with Crippen LogP contribution < -0.4 is 10.6 Å². The van der Waals surface area contributed by atoms with Gasteiger partial charge in [-0.1, -0.05) is 19.9 Å². The fraction of sp³-hybridized carbons (Fsp3) is 0.625. The molecule has 0 bridgehead atoms. The Morgan fingerprint density at radius 3 is 2.26 bits per heavy atom. The maximum absolute atomic E-state index is 5.91. The van der Waals surface area contributed by atoms with Gasteiger partial charge in [0.1, 0.15) is 0 Å². The average molecular weight is 263 g/mol.